The van der Waals surface area contributed by atoms with E-state index < -0.39 is 0 Å². The Morgan fingerprint density at radius 3 is 2.48 bits per heavy atom. The molecule has 8 nitrogen and oxygen atoms in total. The number of amides is 2. The van der Waals surface area contributed by atoms with Crippen LogP contribution in [-0.2, 0) is 9.53 Å². The highest BCUT2D eigenvalue weighted by atomic mass is 16.6. The summed E-state index contributed by atoms with van der Waals surface area (Å²) in [5.74, 6) is 0.631. The first kappa shape index (κ1) is 21.1. The molecule has 2 amide bonds. The van der Waals surface area contributed by atoms with E-state index in [1.165, 1.54) is 4.90 Å². The standard InChI is InChI=1S/C17H33N5O3/c1-5-7-10-18-16(19-13-15(23)21(3)4)20-14-8-11-22(12-9-14)17(24)25-6-2/h14H,5-13H2,1-4H3,(H2,18,19,20). The van der Waals surface area contributed by atoms with Crippen LogP contribution in [0.15, 0.2) is 4.99 Å². The highest BCUT2D eigenvalue weighted by molar-refractivity contribution is 5.84. The van der Waals surface area contributed by atoms with E-state index in [2.05, 4.69) is 22.5 Å². The Bertz CT molecular complexity index is 446. The number of carbonyl (C=O) groups is 2. The lowest BCUT2D eigenvalue weighted by atomic mass is 10.1. The largest absolute Gasteiger partial charge is 0.450 e. The topological polar surface area (TPSA) is 86.3 Å². The van der Waals surface area contributed by atoms with Gasteiger partial charge in [-0.05, 0) is 26.2 Å². The Labute approximate surface area is 151 Å². The molecule has 0 bridgehead atoms. The van der Waals surface area contributed by atoms with Gasteiger partial charge in [-0.15, -0.1) is 0 Å². The summed E-state index contributed by atoms with van der Waals surface area (Å²) < 4.78 is 5.04. The average Bonchev–Trinajstić information content (AvgIpc) is 2.60. The van der Waals surface area contributed by atoms with Gasteiger partial charge in [0.25, 0.3) is 0 Å². The van der Waals surface area contributed by atoms with Crippen molar-refractivity contribution in [3.8, 4) is 0 Å². The molecule has 8 heteroatoms. The van der Waals surface area contributed by atoms with Gasteiger partial charge in [0, 0.05) is 39.8 Å². The fraction of sp³-hybridized carbons (Fsp3) is 0.824. The maximum Gasteiger partial charge on any atom is 0.409 e. The smallest absolute Gasteiger partial charge is 0.409 e. The van der Waals surface area contributed by atoms with Gasteiger partial charge in [-0.3, -0.25) is 4.79 Å². The number of guanidine groups is 1. The lowest BCUT2D eigenvalue weighted by Crippen LogP contribution is -2.50. The third-order valence-electron chi connectivity index (χ3n) is 4.06. The summed E-state index contributed by atoms with van der Waals surface area (Å²) in [6, 6.07) is 0.230. The number of carbonyl (C=O) groups excluding carboxylic acids is 2. The number of nitrogens with one attached hydrogen (secondary N) is 2. The fourth-order valence-corrected chi connectivity index (χ4v) is 2.44. The number of rotatable bonds is 7. The van der Waals surface area contributed by atoms with Crippen LogP contribution in [0.1, 0.15) is 39.5 Å². The van der Waals surface area contributed by atoms with Crippen molar-refractivity contribution in [1.29, 1.82) is 0 Å². The molecule has 144 valence electrons. The molecule has 0 aromatic heterocycles. The van der Waals surface area contributed by atoms with Crippen molar-refractivity contribution in [3.05, 3.63) is 0 Å². The molecule has 1 fully saturated rings. The minimum atomic E-state index is -0.243. The molecule has 1 heterocycles. The summed E-state index contributed by atoms with van der Waals surface area (Å²) >= 11 is 0. The molecule has 1 aliphatic rings. The van der Waals surface area contributed by atoms with E-state index in [4.69, 9.17) is 4.74 Å². The first-order valence-electron chi connectivity index (χ1n) is 9.14. The first-order chi connectivity index (χ1) is 12.0. The Morgan fingerprint density at radius 2 is 1.92 bits per heavy atom. The molecular weight excluding hydrogens is 322 g/mol. The molecule has 0 aromatic carbocycles. The summed E-state index contributed by atoms with van der Waals surface area (Å²) in [5, 5.41) is 6.67. The van der Waals surface area contributed by atoms with Crippen LogP contribution in [0.3, 0.4) is 0 Å². The number of ether oxygens (including phenoxy) is 1. The van der Waals surface area contributed by atoms with Crippen LogP contribution >= 0.6 is 0 Å². The molecule has 0 aromatic rings. The molecular formula is C17H33N5O3. The third kappa shape index (κ3) is 8.09. The fourth-order valence-electron chi connectivity index (χ4n) is 2.44. The van der Waals surface area contributed by atoms with Gasteiger partial charge in [-0.25, -0.2) is 9.79 Å². The number of piperidine rings is 1. The van der Waals surface area contributed by atoms with Crippen LogP contribution in [0.2, 0.25) is 0 Å². The molecule has 2 N–H and O–H groups in total. The van der Waals surface area contributed by atoms with Gasteiger partial charge in [0.1, 0.15) is 6.54 Å². The molecule has 1 saturated heterocycles. The number of likely N-dealkylation sites (N-methyl/N-ethyl adjacent to an activating group) is 1. The highest BCUT2D eigenvalue weighted by Crippen LogP contribution is 2.11. The van der Waals surface area contributed by atoms with E-state index in [9.17, 15) is 9.59 Å². The predicted octanol–water partition coefficient (Wildman–Crippen LogP) is 1.03. The number of unbranched alkanes of at least 4 members (excludes halogenated alkanes) is 1. The molecule has 0 unspecified atom stereocenters. The first-order valence-corrected chi connectivity index (χ1v) is 9.14. The van der Waals surface area contributed by atoms with E-state index in [0.29, 0.717) is 25.7 Å². The van der Waals surface area contributed by atoms with Crippen LogP contribution in [0.4, 0.5) is 4.79 Å². The monoisotopic (exact) mass is 355 g/mol. The van der Waals surface area contributed by atoms with Crippen LogP contribution in [0.25, 0.3) is 0 Å². The van der Waals surface area contributed by atoms with E-state index in [0.717, 1.165) is 32.2 Å². The molecule has 1 aliphatic heterocycles. The number of hydrogen-bond acceptors (Lipinski definition) is 4. The summed E-state index contributed by atoms with van der Waals surface area (Å²) in [5.41, 5.74) is 0. The SMILES string of the molecule is CCCCNC(=NCC(=O)N(C)C)NC1CCN(C(=O)OCC)CC1. The maximum absolute atomic E-state index is 11.8. The van der Waals surface area contributed by atoms with Crippen molar-refractivity contribution < 1.29 is 14.3 Å². The van der Waals surface area contributed by atoms with E-state index >= 15 is 0 Å². The van der Waals surface area contributed by atoms with Gasteiger partial charge in [0.15, 0.2) is 5.96 Å². The van der Waals surface area contributed by atoms with Gasteiger partial charge in [0.05, 0.1) is 6.61 Å². The second kappa shape index (κ2) is 11.5. The Morgan fingerprint density at radius 1 is 1.24 bits per heavy atom. The van der Waals surface area contributed by atoms with Crippen molar-refractivity contribution in [2.45, 2.75) is 45.6 Å². The van der Waals surface area contributed by atoms with Gasteiger partial charge >= 0.3 is 6.09 Å². The number of likely N-dealkylation sites (tertiary alicyclic amines) is 1. The Kier molecular flexibility index (Phi) is 9.72. The van der Waals surface area contributed by atoms with Crippen molar-refractivity contribution in [1.82, 2.24) is 20.4 Å². The second-order valence-electron chi connectivity index (χ2n) is 6.34. The molecule has 0 saturated carbocycles. The van der Waals surface area contributed by atoms with Gasteiger partial charge < -0.3 is 25.2 Å². The molecule has 1 rings (SSSR count). The Balaban J connectivity index is 2.52. The van der Waals surface area contributed by atoms with E-state index in [1.807, 2.05) is 6.92 Å². The van der Waals surface area contributed by atoms with Crippen molar-refractivity contribution >= 4 is 18.0 Å². The highest BCUT2D eigenvalue weighted by Gasteiger charge is 2.24. The number of aliphatic imine (C=N–C) groups is 1. The number of nitrogens with zero attached hydrogens (tertiary/aromatic N) is 3. The van der Waals surface area contributed by atoms with E-state index in [-0.39, 0.29) is 24.6 Å². The lowest BCUT2D eigenvalue weighted by Gasteiger charge is -2.32. The number of hydrogen-bond donors (Lipinski definition) is 2. The average molecular weight is 355 g/mol. The summed E-state index contributed by atoms with van der Waals surface area (Å²) in [6.45, 7) is 6.61. The molecule has 0 aliphatic carbocycles. The van der Waals surface area contributed by atoms with Gasteiger partial charge in [-0.2, -0.15) is 0 Å². The Hall–Kier alpha value is -1.99. The summed E-state index contributed by atoms with van der Waals surface area (Å²) in [4.78, 5) is 31.2. The maximum atomic E-state index is 11.8. The zero-order valence-corrected chi connectivity index (χ0v) is 16.0. The van der Waals surface area contributed by atoms with Crippen LogP contribution < -0.4 is 10.6 Å². The summed E-state index contributed by atoms with van der Waals surface area (Å²) in [7, 11) is 3.45. The second-order valence-corrected chi connectivity index (χ2v) is 6.34. The molecule has 0 spiro atoms. The van der Waals surface area contributed by atoms with Crippen molar-refractivity contribution in [2.24, 2.45) is 4.99 Å². The zero-order chi connectivity index (χ0) is 18.7. The minimum absolute atomic E-state index is 0.0336. The van der Waals surface area contributed by atoms with Gasteiger partial charge in [-0.1, -0.05) is 13.3 Å². The normalized spacial score (nSPS) is 15.7. The predicted molar refractivity (Wildman–Crippen MR) is 98.7 cm³/mol. The van der Waals surface area contributed by atoms with Crippen LogP contribution in [0, 0.1) is 0 Å². The van der Waals surface area contributed by atoms with Crippen LogP contribution in [0.5, 0.6) is 0 Å². The summed E-state index contributed by atoms with van der Waals surface area (Å²) in [6.07, 6.45) is 3.55. The minimum Gasteiger partial charge on any atom is -0.450 e. The molecule has 25 heavy (non-hydrogen) atoms. The van der Waals surface area contributed by atoms with E-state index in [1.54, 1.807) is 19.0 Å². The van der Waals surface area contributed by atoms with Crippen LogP contribution in [-0.4, -0.2) is 80.7 Å². The molecule has 0 radical (unpaired) electrons. The third-order valence-corrected chi connectivity index (χ3v) is 4.06. The quantitative estimate of drug-likeness (QED) is 0.405. The molecule has 0 atom stereocenters. The zero-order valence-electron chi connectivity index (χ0n) is 16.0. The van der Waals surface area contributed by atoms with Crippen molar-refractivity contribution in [3.63, 3.8) is 0 Å². The van der Waals surface area contributed by atoms with Crippen molar-refractivity contribution in [2.75, 3.05) is 46.9 Å². The lowest BCUT2D eigenvalue weighted by molar-refractivity contribution is -0.127. The van der Waals surface area contributed by atoms with Gasteiger partial charge in [0.2, 0.25) is 5.91 Å².